The molecular weight excluding hydrogens is 406 g/mol. The first kappa shape index (κ1) is 20.5. The molecule has 1 aromatic heterocycles. The van der Waals surface area contributed by atoms with Gasteiger partial charge in [-0.25, -0.2) is 13.4 Å². The summed E-state index contributed by atoms with van der Waals surface area (Å²) in [6, 6.07) is 5.22. The van der Waals surface area contributed by atoms with Gasteiger partial charge in [0.05, 0.1) is 15.6 Å². The van der Waals surface area contributed by atoms with Crippen molar-refractivity contribution >= 4 is 33.0 Å². The third kappa shape index (κ3) is 3.73. The normalized spacial score (nSPS) is 17.7. The molecule has 0 unspecified atom stereocenters. The molecular formula is C21H27N3O3S2. The van der Waals surface area contributed by atoms with Gasteiger partial charge in [0.2, 0.25) is 10.0 Å². The number of anilines is 1. The van der Waals surface area contributed by atoms with Crippen molar-refractivity contribution in [3.63, 3.8) is 0 Å². The first-order valence-electron chi connectivity index (χ1n) is 10.2. The van der Waals surface area contributed by atoms with Gasteiger partial charge in [-0.1, -0.05) is 13.8 Å². The molecule has 1 amide bonds. The fourth-order valence-corrected chi connectivity index (χ4v) is 6.59. The number of aromatic nitrogens is 1. The van der Waals surface area contributed by atoms with Gasteiger partial charge in [-0.05, 0) is 56.4 Å². The zero-order valence-electron chi connectivity index (χ0n) is 17.1. The average molecular weight is 434 g/mol. The Kier molecular flexibility index (Phi) is 5.52. The van der Waals surface area contributed by atoms with Crippen LogP contribution in [0.2, 0.25) is 0 Å². The standard InChI is InChI=1S/C21H27N3O3S2/c1-14(2)20-22-15(3)19(28-20)21(25)24-12-6-7-16-13-17(8-9-18(16)24)29(26,27)23-10-4-5-11-23/h8-9,13-14H,4-7,10-12H2,1-3H3. The largest absolute Gasteiger partial charge is 0.307 e. The Morgan fingerprint density at radius 1 is 1.14 bits per heavy atom. The highest BCUT2D eigenvalue weighted by Crippen LogP contribution is 2.34. The van der Waals surface area contributed by atoms with Crippen molar-refractivity contribution in [3.05, 3.63) is 39.3 Å². The number of rotatable bonds is 4. The Morgan fingerprint density at radius 2 is 1.86 bits per heavy atom. The van der Waals surface area contributed by atoms with E-state index >= 15 is 0 Å². The zero-order valence-corrected chi connectivity index (χ0v) is 18.8. The molecule has 2 aliphatic heterocycles. The molecule has 0 saturated carbocycles. The maximum atomic E-state index is 13.3. The van der Waals surface area contributed by atoms with Crippen molar-refractivity contribution in [3.8, 4) is 0 Å². The third-order valence-electron chi connectivity index (χ3n) is 5.62. The molecule has 0 radical (unpaired) electrons. The van der Waals surface area contributed by atoms with Crippen LogP contribution in [0.5, 0.6) is 0 Å². The predicted molar refractivity (Wildman–Crippen MR) is 115 cm³/mol. The SMILES string of the molecule is Cc1nc(C(C)C)sc1C(=O)N1CCCc2cc(S(=O)(=O)N3CCCC3)ccc21. The van der Waals surface area contributed by atoms with Crippen LogP contribution < -0.4 is 4.90 Å². The summed E-state index contributed by atoms with van der Waals surface area (Å²) in [6.07, 6.45) is 3.43. The fourth-order valence-electron chi connectivity index (χ4n) is 4.01. The van der Waals surface area contributed by atoms with Crippen LogP contribution >= 0.6 is 11.3 Å². The van der Waals surface area contributed by atoms with E-state index in [9.17, 15) is 13.2 Å². The van der Waals surface area contributed by atoms with Gasteiger partial charge in [0.1, 0.15) is 4.88 Å². The van der Waals surface area contributed by atoms with Crippen molar-refractivity contribution in [2.75, 3.05) is 24.5 Å². The summed E-state index contributed by atoms with van der Waals surface area (Å²) in [6.45, 7) is 7.85. The number of sulfonamides is 1. The van der Waals surface area contributed by atoms with E-state index in [4.69, 9.17) is 0 Å². The first-order chi connectivity index (χ1) is 13.8. The Morgan fingerprint density at radius 3 is 2.52 bits per heavy atom. The second kappa shape index (κ2) is 7.81. The highest BCUT2D eigenvalue weighted by atomic mass is 32.2. The molecule has 8 heteroatoms. The summed E-state index contributed by atoms with van der Waals surface area (Å²) in [5.74, 6) is 0.246. The molecule has 2 aromatic rings. The molecule has 0 spiro atoms. The van der Waals surface area contributed by atoms with Crippen molar-refractivity contribution in [1.29, 1.82) is 0 Å². The van der Waals surface area contributed by atoms with Crippen LogP contribution in [0.3, 0.4) is 0 Å². The molecule has 4 rings (SSSR count). The van der Waals surface area contributed by atoms with Gasteiger partial charge in [0.25, 0.3) is 5.91 Å². The van der Waals surface area contributed by atoms with Crippen LogP contribution in [0.4, 0.5) is 5.69 Å². The minimum Gasteiger partial charge on any atom is -0.307 e. The van der Waals surface area contributed by atoms with Gasteiger partial charge >= 0.3 is 0 Å². The highest BCUT2D eigenvalue weighted by Gasteiger charge is 2.31. The van der Waals surface area contributed by atoms with Gasteiger partial charge in [-0.15, -0.1) is 11.3 Å². The summed E-state index contributed by atoms with van der Waals surface area (Å²) < 4.78 is 27.4. The lowest BCUT2D eigenvalue weighted by atomic mass is 10.0. The smallest absolute Gasteiger partial charge is 0.270 e. The van der Waals surface area contributed by atoms with Crippen molar-refractivity contribution in [1.82, 2.24) is 9.29 Å². The van der Waals surface area contributed by atoms with Crippen molar-refractivity contribution in [2.45, 2.75) is 57.3 Å². The lowest BCUT2D eigenvalue weighted by Gasteiger charge is -2.30. The maximum absolute atomic E-state index is 13.3. The Labute approximate surface area is 176 Å². The minimum absolute atomic E-state index is 0.0389. The van der Waals surface area contributed by atoms with E-state index in [0.29, 0.717) is 29.4 Å². The van der Waals surface area contributed by atoms with Crippen LogP contribution in [0, 0.1) is 6.92 Å². The van der Waals surface area contributed by atoms with Gasteiger partial charge < -0.3 is 4.90 Å². The zero-order chi connectivity index (χ0) is 20.8. The molecule has 1 saturated heterocycles. The van der Waals surface area contributed by atoms with Crippen LogP contribution in [0.15, 0.2) is 23.1 Å². The van der Waals surface area contributed by atoms with Gasteiger partial charge in [0.15, 0.2) is 0 Å². The van der Waals surface area contributed by atoms with Crippen molar-refractivity contribution in [2.24, 2.45) is 0 Å². The number of carbonyl (C=O) groups is 1. The second-order valence-electron chi connectivity index (χ2n) is 8.08. The fraction of sp³-hybridized carbons (Fsp3) is 0.524. The van der Waals surface area contributed by atoms with E-state index in [2.05, 4.69) is 18.8 Å². The predicted octanol–water partition coefficient (Wildman–Crippen LogP) is 3.95. The van der Waals surface area contributed by atoms with Crippen molar-refractivity contribution < 1.29 is 13.2 Å². The van der Waals surface area contributed by atoms with Gasteiger partial charge in [0, 0.05) is 31.2 Å². The third-order valence-corrected chi connectivity index (χ3v) is 8.96. The van der Waals surface area contributed by atoms with E-state index in [1.165, 1.54) is 11.3 Å². The highest BCUT2D eigenvalue weighted by molar-refractivity contribution is 7.89. The summed E-state index contributed by atoms with van der Waals surface area (Å²) in [5.41, 5.74) is 2.51. The monoisotopic (exact) mass is 433 g/mol. The number of hydrogen-bond acceptors (Lipinski definition) is 5. The molecule has 0 atom stereocenters. The van der Waals surface area contributed by atoms with E-state index in [-0.39, 0.29) is 11.8 Å². The number of nitrogens with zero attached hydrogens (tertiary/aromatic N) is 3. The Balaban J connectivity index is 1.66. The van der Waals surface area contributed by atoms with Crippen LogP contribution in [0.25, 0.3) is 0 Å². The number of fused-ring (bicyclic) bond motifs is 1. The summed E-state index contributed by atoms with van der Waals surface area (Å²) >= 11 is 1.46. The average Bonchev–Trinajstić information content (AvgIpc) is 3.37. The molecule has 1 fully saturated rings. The summed E-state index contributed by atoms with van der Waals surface area (Å²) in [5, 5.41) is 0.968. The van der Waals surface area contributed by atoms with E-state index in [1.54, 1.807) is 27.4 Å². The molecule has 156 valence electrons. The molecule has 6 nitrogen and oxygen atoms in total. The number of aryl methyl sites for hydroxylation is 2. The summed E-state index contributed by atoms with van der Waals surface area (Å²) in [7, 11) is -3.45. The maximum Gasteiger partial charge on any atom is 0.270 e. The minimum atomic E-state index is -3.45. The van der Waals surface area contributed by atoms with Crippen LogP contribution in [-0.2, 0) is 16.4 Å². The van der Waals surface area contributed by atoms with Crippen LogP contribution in [0.1, 0.15) is 65.0 Å². The molecule has 1 aromatic carbocycles. The number of amides is 1. The van der Waals surface area contributed by atoms with E-state index in [0.717, 1.165) is 47.6 Å². The molecule has 0 N–H and O–H groups in total. The number of benzene rings is 1. The Hall–Kier alpha value is -1.77. The topological polar surface area (TPSA) is 70.6 Å². The quantitative estimate of drug-likeness (QED) is 0.732. The van der Waals surface area contributed by atoms with E-state index in [1.807, 2.05) is 6.92 Å². The van der Waals surface area contributed by atoms with Gasteiger partial charge in [-0.3, -0.25) is 4.79 Å². The molecule has 2 aliphatic rings. The van der Waals surface area contributed by atoms with Gasteiger partial charge in [-0.2, -0.15) is 4.31 Å². The molecule has 3 heterocycles. The number of thiazole rings is 1. The second-order valence-corrected chi connectivity index (χ2v) is 11.1. The molecule has 29 heavy (non-hydrogen) atoms. The first-order valence-corrected chi connectivity index (χ1v) is 12.5. The lowest BCUT2D eigenvalue weighted by Crippen LogP contribution is -2.35. The lowest BCUT2D eigenvalue weighted by molar-refractivity contribution is 0.0988. The molecule has 0 bridgehead atoms. The number of carbonyl (C=O) groups excluding carboxylic acids is 1. The Bertz CT molecular complexity index is 1040. The molecule has 0 aliphatic carbocycles. The van der Waals surface area contributed by atoms with E-state index < -0.39 is 10.0 Å². The van der Waals surface area contributed by atoms with Crippen LogP contribution in [-0.4, -0.2) is 43.2 Å². The summed E-state index contributed by atoms with van der Waals surface area (Å²) in [4.78, 5) is 20.6. The number of hydrogen-bond donors (Lipinski definition) is 0.